The van der Waals surface area contributed by atoms with E-state index in [2.05, 4.69) is 5.32 Å². The fraction of sp³-hybridized carbons (Fsp3) is 0.556. The van der Waals surface area contributed by atoms with E-state index in [1.807, 2.05) is 11.0 Å². The Hall–Kier alpha value is -1.68. The number of amides is 2. The van der Waals surface area contributed by atoms with Gasteiger partial charge in [0.1, 0.15) is 0 Å². The fourth-order valence-corrected chi connectivity index (χ4v) is 5.34. The van der Waals surface area contributed by atoms with Crippen molar-refractivity contribution in [2.24, 2.45) is 0 Å². The summed E-state index contributed by atoms with van der Waals surface area (Å²) in [6.45, 7) is 0.875. The molecule has 10 heteroatoms. The van der Waals surface area contributed by atoms with E-state index in [1.165, 1.54) is 7.11 Å². The average molecular weight is 430 g/mol. The van der Waals surface area contributed by atoms with E-state index in [-0.39, 0.29) is 43.8 Å². The number of nitrogens with zero attached hydrogens (tertiary/aromatic N) is 2. The first kappa shape index (κ1) is 21.0. The summed E-state index contributed by atoms with van der Waals surface area (Å²) in [5.74, 6) is -0.718. The van der Waals surface area contributed by atoms with Gasteiger partial charge in [0.2, 0.25) is 15.9 Å². The van der Waals surface area contributed by atoms with Crippen LogP contribution in [0, 0.1) is 0 Å². The monoisotopic (exact) mass is 429 g/mol. The van der Waals surface area contributed by atoms with Crippen molar-refractivity contribution in [3.05, 3.63) is 34.9 Å². The molecule has 0 saturated carbocycles. The van der Waals surface area contributed by atoms with Crippen LogP contribution in [-0.4, -0.2) is 80.6 Å². The van der Waals surface area contributed by atoms with Gasteiger partial charge in [0.05, 0.1) is 31.4 Å². The van der Waals surface area contributed by atoms with Gasteiger partial charge in [-0.05, 0) is 24.1 Å². The molecule has 8 nitrogen and oxygen atoms in total. The Balaban J connectivity index is 1.63. The number of methoxy groups -OCH3 is 1. The molecular formula is C18H24ClN3O5S. The summed E-state index contributed by atoms with van der Waals surface area (Å²) >= 11 is 5.95. The maximum absolute atomic E-state index is 12.8. The first-order valence-corrected chi connectivity index (χ1v) is 11.1. The molecule has 2 aliphatic heterocycles. The van der Waals surface area contributed by atoms with Gasteiger partial charge in [-0.15, -0.1) is 0 Å². The van der Waals surface area contributed by atoms with E-state index in [0.717, 1.165) is 9.87 Å². The van der Waals surface area contributed by atoms with E-state index >= 15 is 0 Å². The molecule has 0 aliphatic carbocycles. The molecule has 1 aromatic rings. The highest BCUT2D eigenvalue weighted by molar-refractivity contribution is 7.89. The fourth-order valence-electron chi connectivity index (χ4n) is 3.69. The third-order valence-corrected chi connectivity index (χ3v) is 6.99. The lowest BCUT2D eigenvalue weighted by Gasteiger charge is -2.23. The molecule has 1 N–H and O–H groups in total. The van der Waals surface area contributed by atoms with E-state index in [9.17, 15) is 18.0 Å². The molecule has 1 aromatic carbocycles. The summed E-state index contributed by atoms with van der Waals surface area (Å²) in [4.78, 5) is 27.0. The number of rotatable bonds is 6. The number of carbonyl (C=O) groups excluding carboxylic acids is 2. The molecule has 2 heterocycles. The maximum atomic E-state index is 12.8. The molecule has 2 amide bonds. The van der Waals surface area contributed by atoms with Gasteiger partial charge in [0.15, 0.2) is 0 Å². The minimum absolute atomic E-state index is 0.00774. The number of sulfonamides is 1. The molecule has 2 atom stereocenters. The second kappa shape index (κ2) is 8.77. The van der Waals surface area contributed by atoms with Crippen LogP contribution in [0.1, 0.15) is 12.0 Å². The van der Waals surface area contributed by atoms with Gasteiger partial charge in [-0.2, -0.15) is 0 Å². The topological polar surface area (TPSA) is 96.0 Å². The summed E-state index contributed by atoms with van der Waals surface area (Å²) in [6, 6.07) is 6.35. The molecule has 2 saturated heterocycles. The van der Waals surface area contributed by atoms with Crippen LogP contribution in [-0.2, 0) is 30.8 Å². The number of nitrogens with one attached hydrogen (secondary N) is 1. The van der Waals surface area contributed by atoms with Crippen molar-refractivity contribution in [2.75, 3.05) is 39.1 Å². The van der Waals surface area contributed by atoms with Gasteiger partial charge in [-0.25, -0.2) is 12.7 Å². The van der Waals surface area contributed by atoms with Crippen LogP contribution in [0.15, 0.2) is 24.3 Å². The average Bonchev–Trinajstić information content (AvgIpc) is 2.99. The van der Waals surface area contributed by atoms with Crippen molar-refractivity contribution in [1.29, 1.82) is 0 Å². The number of halogens is 1. The minimum Gasteiger partial charge on any atom is -0.383 e. The first-order chi connectivity index (χ1) is 13.3. The summed E-state index contributed by atoms with van der Waals surface area (Å²) in [5.41, 5.74) is 0.811. The van der Waals surface area contributed by atoms with E-state index in [0.29, 0.717) is 18.0 Å². The van der Waals surface area contributed by atoms with Gasteiger partial charge in [0, 0.05) is 31.3 Å². The summed E-state index contributed by atoms with van der Waals surface area (Å²) < 4.78 is 30.6. The van der Waals surface area contributed by atoms with Crippen molar-refractivity contribution < 1.29 is 22.7 Å². The van der Waals surface area contributed by atoms with Crippen molar-refractivity contribution in [3.63, 3.8) is 0 Å². The molecule has 3 rings (SSSR count). The zero-order valence-electron chi connectivity index (χ0n) is 15.6. The van der Waals surface area contributed by atoms with Crippen LogP contribution < -0.4 is 5.32 Å². The molecule has 2 fully saturated rings. The molecule has 0 unspecified atom stereocenters. The second-order valence-corrected chi connectivity index (χ2v) is 9.49. The number of carbonyl (C=O) groups is 2. The first-order valence-electron chi connectivity index (χ1n) is 9.11. The number of benzene rings is 1. The number of fused-ring (bicyclic) bond motifs is 1. The standard InChI is InChI=1S/C18H24ClN3O5S/c1-27-7-5-22-18(24)16-11-15(12-21(16)6-8-28(22,25)26)20-17(23)10-13-3-2-4-14(19)9-13/h2-4,9,15-16H,5-8,10-12H2,1H3,(H,20,23)/t15-,16-/m0/s1. The van der Waals surface area contributed by atoms with Crippen molar-refractivity contribution >= 4 is 33.4 Å². The van der Waals surface area contributed by atoms with Crippen LogP contribution in [0.4, 0.5) is 0 Å². The lowest BCUT2D eigenvalue weighted by Crippen LogP contribution is -2.45. The Bertz CT molecular complexity index is 847. The second-order valence-electron chi connectivity index (χ2n) is 7.04. The predicted molar refractivity (Wildman–Crippen MR) is 104 cm³/mol. The van der Waals surface area contributed by atoms with E-state index in [1.54, 1.807) is 18.2 Å². The van der Waals surface area contributed by atoms with Crippen LogP contribution in [0.2, 0.25) is 5.02 Å². The van der Waals surface area contributed by atoms with Crippen molar-refractivity contribution in [2.45, 2.75) is 24.9 Å². The SMILES string of the molecule is COCCN1C(=O)[C@@H]2C[C@H](NC(=O)Cc3cccc(Cl)c3)CN2CCS1(=O)=O. The third-order valence-electron chi connectivity index (χ3n) is 5.02. The van der Waals surface area contributed by atoms with E-state index < -0.39 is 22.0 Å². The number of hydrogen-bond donors (Lipinski definition) is 1. The quantitative estimate of drug-likeness (QED) is 0.696. The van der Waals surface area contributed by atoms with Crippen molar-refractivity contribution in [1.82, 2.24) is 14.5 Å². The zero-order valence-corrected chi connectivity index (χ0v) is 17.2. The van der Waals surface area contributed by atoms with Crippen molar-refractivity contribution in [3.8, 4) is 0 Å². The normalized spacial score (nSPS) is 24.6. The lowest BCUT2D eigenvalue weighted by atomic mass is 10.1. The van der Waals surface area contributed by atoms with E-state index in [4.69, 9.17) is 16.3 Å². The molecule has 2 aliphatic rings. The van der Waals surface area contributed by atoms with Gasteiger partial charge >= 0.3 is 0 Å². The Labute approximate surface area is 169 Å². The molecule has 0 spiro atoms. The molecule has 28 heavy (non-hydrogen) atoms. The van der Waals surface area contributed by atoms with Crippen LogP contribution >= 0.6 is 11.6 Å². The molecule has 154 valence electrons. The zero-order chi connectivity index (χ0) is 20.3. The van der Waals surface area contributed by atoms with Gasteiger partial charge in [-0.1, -0.05) is 23.7 Å². The summed E-state index contributed by atoms with van der Waals surface area (Å²) in [7, 11) is -2.19. The van der Waals surface area contributed by atoms with Crippen LogP contribution in [0.25, 0.3) is 0 Å². The smallest absolute Gasteiger partial charge is 0.253 e. The van der Waals surface area contributed by atoms with Crippen LogP contribution in [0.5, 0.6) is 0 Å². The highest BCUT2D eigenvalue weighted by Crippen LogP contribution is 2.24. The highest BCUT2D eigenvalue weighted by atomic mass is 35.5. The maximum Gasteiger partial charge on any atom is 0.253 e. The van der Waals surface area contributed by atoms with Gasteiger partial charge < -0.3 is 10.1 Å². The van der Waals surface area contributed by atoms with Gasteiger partial charge in [0.25, 0.3) is 5.91 Å². The van der Waals surface area contributed by atoms with Crippen LogP contribution in [0.3, 0.4) is 0 Å². The Morgan fingerprint density at radius 1 is 1.39 bits per heavy atom. The summed E-state index contributed by atoms with van der Waals surface area (Å²) in [5, 5.41) is 3.53. The number of hydrogen-bond acceptors (Lipinski definition) is 6. The Kier molecular flexibility index (Phi) is 6.59. The van der Waals surface area contributed by atoms with Gasteiger partial charge in [-0.3, -0.25) is 14.5 Å². The molecule has 0 bridgehead atoms. The predicted octanol–water partition coefficient (Wildman–Crippen LogP) is 0.260. The Morgan fingerprint density at radius 2 is 2.18 bits per heavy atom. The Morgan fingerprint density at radius 3 is 2.89 bits per heavy atom. The lowest BCUT2D eigenvalue weighted by molar-refractivity contribution is -0.131. The summed E-state index contributed by atoms with van der Waals surface area (Å²) in [6.07, 6.45) is 0.586. The third kappa shape index (κ3) is 4.83. The number of ether oxygens (including phenoxy) is 1. The largest absolute Gasteiger partial charge is 0.383 e. The minimum atomic E-state index is -3.65. The molecule has 0 aromatic heterocycles. The molecular weight excluding hydrogens is 406 g/mol. The highest BCUT2D eigenvalue weighted by Gasteiger charge is 2.45. The molecule has 0 radical (unpaired) electrons.